The summed E-state index contributed by atoms with van der Waals surface area (Å²) >= 11 is 12.0. The van der Waals surface area contributed by atoms with E-state index in [1.807, 2.05) is 0 Å². The van der Waals surface area contributed by atoms with Gasteiger partial charge in [0.25, 0.3) is 5.91 Å². The van der Waals surface area contributed by atoms with Crippen LogP contribution in [0.1, 0.15) is 31.1 Å². The third-order valence-corrected chi connectivity index (χ3v) is 4.86. The van der Waals surface area contributed by atoms with E-state index in [0.29, 0.717) is 21.7 Å². The zero-order chi connectivity index (χ0) is 22.2. The number of Topliss-reactive ketones (excluding diaryl/α,β-unsaturated/α-hetero) is 1. The van der Waals surface area contributed by atoms with Crippen molar-refractivity contribution in [2.45, 2.75) is 6.54 Å². The Morgan fingerprint density at radius 1 is 0.935 bits per heavy atom. The van der Waals surface area contributed by atoms with Crippen molar-refractivity contribution in [2.24, 2.45) is 0 Å². The summed E-state index contributed by atoms with van der Waals surface area (Å²) in [4.78, 5) is 36.8. The van der Waals surface area contributed by atoms with Crippen LogP contribution < -0.4 is 9.88 Å². The second-order valence-corrected chi connectivity index (χ2v) is 7.41. The maximum absolute atomic E-state index is 12.5. The van der Waals surface area contributed by atoms with Crippen LogP contribution in [0.3, 0.4) is 0 Å². The Kier molecular flexibility index (Phi) is 7.76. The first kappa shape index (κ1) is 22.5. The van der Waals surface area contributed by atoms with E-state index >= 15 is 0 Å². The summed E-state index contributed by atoms with van der Waals surface area (Å²) in [6, 6.07) is 16.6. The molecule has 6 nitrogen and oxygen atoms in total. The van der Waals surface area contributed by atoms with Crippen LogP contribution in [-0.4, -0.2) is 30.8 Å². The van der Waals surface area contributed by atoms with Crippen molar-refractivity contribution >= 4 is 40.9 Å². The Balaban J connectivity index is 1.52. The molecule has 3 rings (SSSR count). The molecule has 0 fully saturated rings. The molecule has 1 heterocycles. The SMILES string of the molecule is O=C(NCCOC(=O)c1ccccc1)c1ccc[n+](CC(=O)c2ccc(Cl)cc2Cl)c1. The number of amides is 1. The molecule has 0 aliphatic heterocycles. The molecule has 0 bridgehead atoms. The fraction of sp³-hybridized carbons (Fsp3) is 0.130. The van der Waals surface area contributed by atoms with Crippen molar-refractivity contribution in [1.29, 1.82) is 0 Å². The van der Waals surface area contributed by atoms with Crippen LogP contribution in [0.15, 0.2) is 73.1 Å². The fourth-order valence-electron chi connectivity index (χ4n) is 2.79. The fourth-order valence-corrected chi connectivity index (χ4v) is 3.30. The number of ketones is 1. The molecule has 0 atom stereocenters. The largest absolute Gasteiger partial charge is 0.460 e. The van der Waals surface area contributed by atoms with Crippen molar-refractivity contribution in [3.63, 3.8) is 0 Å². The van der Waals surface area contributed by atoms with E-state index in [0.717, 1.165) is 0 Å². The highest BCUT2D eigenvalue weighted by molar-refractivity contribution is 6.36. The van der Waals surface area contributed by atoms with Gasteiger partial charge in [-0.25, -0.2) is 4.79 Å². The van der Waals surface area contributed by atoms with E-state index in [2.05, 4.69) is 5.32 Å². The third-order valence-electron chi connectivity index (χ3n) is 4.31. The maximum Gasteiger partial charge on any atom is 0.338 e. The molecule has 0 aliphatic rings. The number of carbonyl (C=O) groups excluding carboxylic acids is 3. The topological polar surface area (TPSA) is 76.3 Å². The number of hydrogen-bond acceptors (Lipinski definition) is 4. The lowest BCUT2D eigenvalue weighted by Gasteiger charge is -2.07. The number of aromatic nitrogens is 1. The molecule has 2 aromatic carbocycles. The number of ether oxygens (including phenoxy) is 1. The minimum atomic E-state index is -0.452. The Hall–Kier alpha value is -3.22. The van der Waals surface area contributed by atoms with Gasteiger partial charge in [-0.05, 0) is 36.4 Å². The molecule has 0 saturated heterocycles. The minimum Gasteiger partial charge on any atom is -0.460 e. The summed E-state index contributed by atoms with van der Waals surface area (Å²) in [5.41, 5.74) is 1.17. The van der Waals surface area contributed by atoms with E-state index < -0.39 is 5.97 Å². The number of rotatable bonds is 8. The number of halogens is 2. The van der Waals surface area contributed by atoms with Gasteiger partial charge in [-0.3, -0.25) is 9.59 Å². The summed E-state index contributed by atoms with van der Waals surface area (Å²) in [7, 11) is 0. The molecule has 0 spiro atoms. The second-order valence-electron chi connectivity index (χ2n) is 6.57. The Labute approximate surface area is 189 Å². The lowest BCUT2D eigenvalue weighted by atomic mass is 10.1. The predicted molar refractivity (Wildman–Crippen MR) is 116 cm³/mol. The second kappa shape index (κ2) is 10.7. The summed E-state index contributed by atoms with van der Waals surface area (Å²) < 4.78 is 6.73. The number of esters is 1. The van der Waals surface area contributed by atoms with Crippen LogP contribution in [0.25, 0.3) is 0 Å². The molecule has 3 aromatic rings. The van der Waals surface area contributed by atoms with E-state index in [1.54, 1.807) is 71.6 Å². The van der Waals surface area contributed by atoms with E-state index in [1.165, 1.54) is 6.07 Å². The average Bonchev–Trinajstić information content (AvgIpc) is 2.77. The summed E-state index contributed by atoms with van der Waals surface area (Å²) in [6.45, 7) is 0.211. The van der Waals surface area contributed by atoms with Crippen molar-refractivity contribution in [3.8, 4) is 0 Å². The highest BCUT2D eigenvalue weighted by Crippen LogP contribution is 2.21. The number of pyridine rings is 1. The number of benzene rings is 2. The molecule has 0 saturated carbocycles. The zero-order valence-corrected chi connectivity index (χ0v) is 17.9. The van der Waals surface area contributed by atoms with Crippen molar-refractivity contribution < 1.29 is 23.7 Å². The number of hydrogen-bond donors (Lipinski definition) is 1. The van der Waals surface area contributed by atoms with E-state index in [4.69, 9.17) is 27.9 Å². The Bertz CT molecular complexity index is 1100. The molecule has 8 heteroatoms. The molecular formula is C23H19Cl2N2O4+. The van der Waals surface area contributed by atoms with Gasteiger partial charge >= 0.3 is 5.97 Å². The quantitative estimate of drug-likeness (QED) is 0.242. The van der Waals surface area contributed by atoms with Crippen LogP contribution in [0.2, 0.25) is 10.0 Å². The standard InChI is InChI=1S/C23H18Cl2N2O4/c24-18-8-9-19(20(25)13-18)21(28)15-27-11-4-7-17(14-27)22(29)26-10-12-31-23(30)16-5-2-1-3-6-16/h1-9,11,13-14H,10,12,15H2/p+1. The van der Waals surface area contributed by atoms with Gasteiger partial charge < -0.3 is 10.1 Å². The van der Waals surface area contributed by atoms with Crippen LogP contribution in [0.4, 0.5) is 0 Å². The monoisotopic (exact) mass is 457 g/mol. The number of nitrogens with one attached hydrogen (secondary N) is 1. The lowest BCUT2D eigenvalue weighted by molar-refractivity contribution is -0.683. The molecule has 1 aromatic heterocycles. The highest BCUT2D eigenvalue weighted by Gasteiger charge is 2.17. The van der Waals surface area contributed by atoms with Gasteiger partial charge in [0, 0.05) is 16.7 Å². The lowest BCUT2D eigenvalue weighted by Crippen LogP contribution is -2.39. The first-order valence-electron chi connectivity index (χ1n) is 9.42. The summed E-state index contributed by atoms with van der Waals surface area (Å²) in [5.74, 6) is -1.01. The first-order chi connectivity index (χ1) is 14.9. The zero-order valence-electron chi connectivity index (χ0n) is 16.4. The van der Waals surface area contributed by atoms with Crippen LogP contribution in [0, 0.1) is 0 Å². The molecule has 1 N–H and O–H groups in total. The molecule has 0 unspecified atom stereocenters. The molecule has 158 valence electrons. The smallest absolute Gasteiger partial charge is 0.338 e. The van der Waals surface area contributed by atoms with E-state index in [9.17, 15) is 14.4 Å². The first-order valence-corrected chi connectivity index (χ1v) is 10.2. The Morgan fingerprint density at radius 3 is 2.42 bits per heavy atom. The van der Waals surface area contributed by atoms with Crippen LogP contribution in [-0.2, 0) is 11.3 Å². The van der Waals surface area contributed by atoms with Crippen LogP contribution >= 0.6 is 23.2 Å². The van der Waals surface area contributed by atoms with Crippen molar-refractivity contribution in [2.75, 3.05) is 13.2 Å². The van der Waals surface area contributed by atoms with Gasteiger partial charge in [-0.2, -0.15) is 4.57 Å². The van der Waals surface area contributed by atoms with Gasteiger partial charge in [0.2, 0.25) is 12.3 Å². The minimum absolute atomic E-state index is 0.0111. The Morgan fingerprint density at radius 2 is 1.68 bits per heavy atom. The molecular weight excluding hydrogens is 439 g/mol. The maximum atomic E-state index is 12.5. The highest BCUT2D eigenvalue weighted by atomic mass is 35.5. The number of carbonyl (C=O) groups is 3. The van der Waals surface area contributed by atoms with Gasteiger partial charge in [0.15, 0.2) is 12.4 Å². The predicted octanol–water partition coefficient (Wildman–Crippen LogP) is 3.75. The summed E-state index contributed by atoms with van der Waals surface area (Å²) in [6.07, 6.45) is 3.24. The van der Waals surface area contributed by atoms with Crippen molar-refractivity contribution in [1.82, 2.24) is 5.32 Å². The third kappa shape index (κ3) is 6.38. The van der Waals surface area contributed by atoms with E-state index in [-0.39, 0.29) is 36.4 Å². The van der Waals surface area contributed by atoms with Gasteiger partial charge in [0.1, 0.15) is 12.2 Å². The molecule has 0 radical (unpaired) electrons. The van der Waals surface area contributed by atoms with Gasteiger partial charge in [-0.1, -0.05) is 41.4 Å². The normalized spacial score (nSPS) is 10.4. The van der Waals surface area contributed by atoms with Crippen molar-refractivity contribution in [3.05, 3.63) is 99.8 Å². The van der Waals surface area contributed by atoms with Gasteiger partial charge in [0.05, 0.1) is 17.1 Å². The molecule has 31 heavy (non-hydrogen) atoms. The molecule has 1 amide bonds. The summed E-state index contributed by atoms with van der Waals surface area (Å²) in [5, 5.41) is 3.40. The average molecular weight is 458 g/mol. The number of nitrogens with zero attached hydrogens (tertiary/aromatic N) is 1. The van der Waals surface area contributed by atoms with Gasteiger partial charge in [-0.15, -0.1) is 0 Å². The molecule has 0 aliphatic carbocycles. The van der Waals surface area contributed by atoms with Crippen LogP contribution in [0.5, 0.6) is 0 Å².